The number of primary sulfonamides is 1. The molecule has 0 heterocycles. The molecular weight excluding hydrogens is 252 g/mol. The minimum atomic E-state index is -3.62. The number of hydrogen-bond donors (Lipinski definition) is 2. The van der Waals surface area contributed by atoms with Crippen molar-refractivity contribution in [3.8, 4) is 0 Å². The molecule has 0 saturated carbocycles. The second-order valence-electron chi connectivity index (χ2n) is 4.89. The van der Waals surface area contributed by atoms with Gasteiger partial charge in [0.25, 0.3) is 0 Å². The van der Waals surface area contributed by atoms with Crippen LogP contribution in [0.4, 0.5) is 0 Å². The topological polar surface area (TPSA) is 106 Å². The fraction of sp³-hybridized carbons (Fsp3) is 1.00. The highest BCUT2D eigenvalue weighted by molar-refractivity contribution is 7.90. The quantitative estimate of drug-likeness (QED) is 0.688. The van der Waals surface area contributed by atoms with E-state index in [0.29, 0.717) is 6.42 Å². The van der Waals surface area contributed by atoms with Crippen molar-refractivity contribution < 1.29 is 16.8 Å². The van der Waals surface area contributed by atoms with E-state index >= 15 is 0 Å². The Hall–Kier alpha value is -0.180. The molecule has 8 heteroatoms. The van der Waals surface area contributed by atoms with Gasteiger partial charge in [0.15, 0.2) is 0 Å². The van der Waals surface area contributed by atoms with E-state index in [-0.39, 0.29) is 23.5 Å². The highest BCUT2D eigenvalue weighted by atomic mass is 32.2. The molecule has 0 radical (unpaired) electrons. The third-order valence-electron chi connectivity index (χ3n) is 1.83. The molecule has 0 rings (SSSR count). The van der Waals surface area contributed by atoms with Gasteiger partial charge in [0.1, 0.15) is 0 Å². The molecule has 0 aromatic rings. The zero-order valence-corrected chi connectivity index (χ0v) is 11.5. The molecule has 0 aliphatic rings. The summed E-state index contributed by atoms with van der Waals surface area (Å²) in [4.78, 5) is 0. The van der Waals surface area contributed by atoms with Gasteiger partial charge in [0, 0.05) is 6.54 Å². The number of nitrogens with two attached hydrogens (primary N) is 1. The lowest BCUT2D eigenvalue weighted by Gasteiger charge is -2.17. The first-order chi connectivity index (χ1) is 6.91. The van der Waals surface area contributed by atoms with Gasteiger partial charge in [-0.3, -0.25) is 0 Å². The molecule has 0 aromatic carbocycles. The Morgan fingerprint density at radius 1 is 1.06 bits per heavy atom. The van der Waals surface area contributed by atoms with Crippen molar-refractivity contribution in [2.24, 2.45) is 10.6 Å². The first kappa shape index (κ1) is 15.8. The third-order valence-corrected chi connectivity index (χ3v) is 3.99. The zero-order valence-electron chi connectivity index (χ0n) is 9.86. The maximum absolute atomic E-state index is 11.4. The maximum atomic E-state index is 11.4. The van der Waals surface area contributed by atoms with Crippen LogP contribution in [0.15, 0.2) is 0 Å². The molecule has 0 spiro atoms. The summed E-state index contributed by atoms with van der Waals surface area (Å²) in [5.74, 6) is -0.400. The summed E-state index contributed by atoms with van der Waals surface area (Å²) >= 11 is 0. The maximum Gasteiger partial charge on any atom is 0.211 e. The summed E-state index contributed by atoms with van der Waals surface area (Å²) in [7, 11) is -7.02. The number of sulfonamides is 2. The second kappa shape index (κ2) is 5.44. The molecule has 0 aliphatic carbocycles. The SMILES string of the molecule is CC(C)(C)CCS(=O)(=O)NCCS(N)(=O)=O. The lowest BCUT2D eigenvalue weighted by atomic mass is 9.94. The molecule has 0 bridgehead atoms. The van der Waals surface area contributed by atoms with Crippen LogP contribution in [0, 0.1) is 5.41 Å². The molecule has 16 heavy (non-hydrogen) atoms. The molecule has 0 saturated heterocycles. The van der Waals surface area contributed by atoms with Gasteiger partial charge >= 0.3 is 0 Å². The summed E-state index contributed by atoms with van der Waals surface area (Å²) < 4.78 is 46.2. The van der Waals surface area contributed by atoms with E-state index in [1.54, 1.807) is 0 Å². The molecule has 98 valence electrons. The standard InChI is InChI=1S/C8H20N2O4S2/c1-8(2,3)4-6-16(13,14)10-5-7-15(9,11)12/h10H,4-7H2,1-3H3,(H2,9,11,12). The van der Waals surface area contributed by atoms with E-state index in [2.05, 4.69) is 4.72 Å². The van der Waals surface area contributed by atoms with Crippen LogP contribution in [-0.2, 0) is 20.0 Å². The van der Waals surface area contributed by atoms with Crippen molar-refractivity contribution in [1.29, 1.82) is 0 Å². The molecule has 6 nitrogen and oxygen atoms in total. The number of rotatable bonds is 6. The Labute approximate surface area is 97.7 Å². The fourth-order valence-corrected chi connectivity index (χ4v) is 2.81. The predicted molar refractivity (Wildman–Crippen MR) is 63.8 cm³/mol. The first-order valence-corrected chi connectivity index (χ1v) is 8.26. The molecule has 3 N–H and O–H groups in total. The summed E-state index contributed by atoms with van der Waals surface area (Å²) in [5.41, 5.74) is -0.0747. The predicted octanol–water partition coefficient (Wildman–Crippen LogP) is -0.369. The van der Waals surface area contributed by atoms with E-state index < -0.39 is 20.0 Å². The van der Waals surface area contributed by atoms with Crippen LogP contribution in [0.3, 0.4) is 0 Å². The van der Waals surface area contributed by atoms with Crippen LogP contribution in [0.25, 0.3) is 0 Å². The van der Waals surface area contributed by atoms with Crippen molar-refractivity contribution in [2.45, 2.75) is 27.2 Å². The van der Waals surface area contributed by atoms with Gasteiger partial charge in [-0.15, -0.1) is 0 Å². The van der Waals surface area contributed by atoms with E-state index in [4.69, 9.17) is 5.14 Å². The Bertz CT molecular complexity index is 406. The van der Waals surface area contributed by atoms with Gasteiger partial charge in [0.05, 0.1) is 11.5 Å². The summed E-state index contributed by atoms with van der Waals surface area (Å²) in [6.45, 7) is 5.64. The van der Waals surface area contributed by atoms with E-state index in [1.165, 1.54) is 0 Å². The van der Waals surface area contributed by atoms with Crippen LogP contribution in [0.5, 0.6) is 0 Å². The van der Waals surface area contributed by atoms with Gasteiger partial charge in [0.2, 0.25) is 20.0 Å². The molecule has 0 aromatic heterocycles. The Morgan fingerprint density at radius 3 is 1.94 bits per heavy atom. The smallest absolute Gasteiger partial charge is 0.211 e. The minimum Gasteiger partial charge on any atom is -0.229 e. The van der Waals surface area contributed by atoms with Gasteiger partial charge in [-0.05, 0) is 11.8 Å². The van der Waals surface area contributed by atoms with Gasteiger partial charge in [-0.2, -0.15) is 0 Å². The lowest BCUT2D eigenvalue weighted by Crippen LogP contribution is -2.33. The first-order valence-electron chi connectivity index (χ1n) is 4.89. The lowest BCUT2D eigenvalue weighted by molar-refractivity contribution is 0.396. The normalized spacial score (nSPS) is 14.0. The van der Waals surface area contributed by atoms with E-state index in [0.717, 1.165) is 0 Å². The Morgan fingerprint density at radius 2 is 1.56 bits per heavy atom. The molecule has 0 aliphatic heterocycles. The molecule has 0 atom stereocenters. The number of hydrogen-bond acceptors (Lipinski definition) is 4. The molecule has 0 fully saturated rings. The average Bonchev–Trinajstić information content (AvgIpc) is 1.97. The largest absolute Gasteiger partial charge is 0.229 e. The van der Waals surface area contributed by atoms with E-state index in [9.17, 15) is 16.8 Å². The summed E-state index contributed by atoms with van der Waals surface area (Å²) in [6, 6.07) is 0. The van der Waals surface area contributed by atoms with Crippen molar-refractivity contribution in [3.05, 3.63) is 0 Å². The van der Waals surface area contributed by atoms with E-state index in [1.807, 2.05) is 20.8 Å². The van der Waals surface area contributed by atoms with Crippen LogP contribution in [-0.4, -0.2) is 34.9 Å². The van der Waals surface area contributed by atoms with Crippen molar-refractivity contribution in [3.63, 3.8) is 0 Å². The molecule has 0 amide bonds. The monoisotopic (exact) mass is 272 g/mol. The van der Waals surface area contributed by atoms with Crippen molar-refractivity contribution >= 4 is 20.0 Å². The number of nitrogens with one attached hydrogen (secondary N) is 1. The Kier molecular flexibility index (Phi) is 5.37. The second-order valence-corrected chi connectivity index (χ2v) is 8.55. The molecule has 0 unspecified atom stereocenters. The zero-order chi connectivity index (χ0) is 13.0. The van der Waals surface area contributed by atoms with Gasteiger partial charge in [-0.1, -0.05) is 20.8 Å². The summed E-state index contributed by atoms with van der Waals surface area (Å²) in [5, 5.41) is 4.75. The van der Waals surface area contributed by atoms with Crippen molar-refractivity contribution in [2.75, 3.05) is 18.1 Å². The average molecular weight is 272 g/mol. The fourth-order valence-electron chi connectivity index (χ4n) is 0.852. The van der Waals surface area contributed by atoms with Crippen LogP contribution < -0.4 is 9.86 Å². The minimum absolute atomic E-state index is 0.0128. The molecular formula is C8H20N2O4S2. The highest BCUT2D eigenvalue weighted by Crippen LogP contribution is 2.18. The Balaban J connectivity index is 4.08. The summed E-state index contributed by atoms with van der Waals surface area (Å²) in [6.07, 6.45) is 0.512. The van der Waals surface area contributed by atoms with Gasteiger partial charge < -0.3 is 0 Å². The third kappa shape index (κ3) is 10.3. The van der Waals surface area contributed by atoms with Crippen LogP contribution in [0.1, 0.15) is 27.2 Å². The van der Waals surface area contributed by atoms with Crippen molar-refractivity contribution in [1.82, 2.24) is 4.72 Å². The van der Waals surface area contributed by atoms with Crippen LogP contribution in [0.2, 0.25) is 0 Å². The van der Waals surface area contributed by atoms with Crippen LogP contribution >= 0.6 is 0 Å². The van der Waals surface area contributed by atoms with Gasteiger partial charge in [-0.25, -0.2) is 26.7 Å². The highest BCUT2D eigenvalue weighted by Gasteiger charge is 2.17.